The number of halogens is 2. The number of alkyl carbamates (subject to hydrolysis) is 1. The zero-order valence-corrected chi connectivity index (χ0v) is 29.7. The number of benzene rings is 1. The average Bonchev–Trinajstić information content (AvgIpc) is 2.82. The van der Waals surface area contributed by atoms with Crippen molar-refractivity contribution in [3.63, 3.8) is 0 Å². The summed E-state index contributed by atoms with van der Waals surface area (Å²) in [6.07, 6.45) is -1.53. The van der Waals surface area contributed by atoms with Gasteiger partial charge in [-0.25, -0.2) is 9.59 Å². The Kier molecular flexibility index (Phi) is 13.4. The second-order valence-corrected chi connectivity index (χ2v) is 20.4. The Bertz CT molecular complexity index is 1190. The zero-order valence-electron chi connectivity index (χ0n) is 27.2. The summed E-state index contributed by atoms with van der Waals surface area (Å²) in [5, 5.41) is 5.58. The van der Waals surface area contributed by atoms with E-state index in [4.69, 9.17) is 42.1 Å². The topological polar surface area (TPSA) is 132 Å². The number of rotatable bonds is 13. The molecule has 0 saturated carbocycles. The molecule has 1 aromatic carbocycles. The summed E-state index contributed by atoms with van der Waals surface area (Å²) in [6, 6.07) is 2.56. The summed E-state index contributed by atoms with van der Waals surface area (Å²) in [7, 11) is -1.28. The second kappa shape index (κ2) is 15.6. The molecule has 0 aromatic heterocycles. The van der Waals surface area contributed by atoms with Crippen LogP contribution in [0.5, 0.6) is 5.75 Å². The number of hydrogen-bond acceptors (Lipinski definition) is 8. The molecule has 1 heterocycles. The smallest absolute Gasteiger partial charge is 0.410 e. The van der Waals surface area contributed by atoms with Crippen molar-refractivity contribution in [2.75, 3.05) is 26.5 Å². The van der Waals surface area contributed by atoms with Crippen LogP contribution in [-0.2, 0) is 19.0 Å². The highest BCUT2D eigenvalue weighted by molar-refractivity contribution is 6.76. The van der Waals surface area contributed by atoms with Crippen LogP contribution in [0.25, 0.3) is 0 Å². The van der Waals surface area contributed by atoms with Crippen molar-refractivity contribution in [3.8, 4) is 5.75 Å². The van der Waals surface area contributed by atoms with Gasteiger partial charge < -0.3 is 34.5 Å². The summed E-state index contributed by atoms with van der Waals surface area (Å²) >= 11 is 12.6. The van der Waals surface area contributed by atoms with Crippen molar-refractivity contribution in [1.29, 1.82) is 0 Å². The van der Waals surface area contributed by atoms with Gasteiger partial charge in [0, 0.05) is 34.2 Å². The van der Waals surface area contributed by atoms with Crippen molar-refractivity contribution >= 4 is 55.2 Å². The maximum atomic E-state index is 13.4. The maximum absolute atomic E-state index is 13.4. The number of carbonyl (C=O) groups excluding carboxylic acids is 4. The third-order valence-corrected chi connectivity index (χ3v) is 8.69. The minimum Gasteiger partial charge on any atom is -0.467 e. The molecule has 0 aliphatic carbocycles. The average molecular weight is 677 g/mol. The molecule has 1 aliphatic heterocycles. The molecule has 2 rings (SSSR count). The predicted octanol–water partition coefficient (Wildman–Crippen LogP) is 6.28. The van der Waals surface area contributed by atoms with Crippen LogP contribution in [0.2, 0.25) is 35.7 Å². The van der Waals surface area contributed by atoms with E-state index < -0.39 is 49.2 Å². The lowest BCUT2D eigenvalue weighted by atomic mass is 10.0. The highest BCUT2D eigenvalue weighted by Gasteiger charge is 2.36. The number of ether oxygens (including phenoxy) is 4. The van der Waals surface area contributed by atoms with Crippen LogP contribution in [0.4, 0.5) is 9.59 Å². The standard InChI is InChI=1S/C30H47Cl2N3O8Si/c1-29(2,3)42-27(38)34-21(26(37)33-19-16-35(17-19)28(39)43-30(4,5)6)11-12-22(36)24-23(13-10-20(31)25(24)32)41-18-40-14-15-44(7,8)9/h10,13,19,21H,11-12,14-18H2,1-9H3,(H,33,37)(H,34,38)/t21-/m1/s1. The van der Waals surface area contributed by atoms with Crippen molar-refractivity contribution in [1.82, 2.24) is 15.5 Å². The van der Waals surface area contributed by atoms with Gasteiger partial charge in [0.1, 0.15) is 23.0 Å². The van der Waals surface area contributed by atoms with Crippen molar-refractivity contribution in [3.05, 3.63) is 27.7 Å². The monoisotopic (exact) mass is 675 g/mol. The van der Waals surface area contributed by atoms with Gasteiger partial charge in [0.2, 0.25) is 5.91 Å². The Hall–Kier alpha value is -2.54. The van der Waals surface area contributed by atoms with E-state index in [-0.39, 0.29) is 60.1 Å². The minimum absolute atomic E-state index is 0.0223. The fraction of sp³-hybridized carbons (Fsp3) is 0.667. The van der Waals surface area contributed by atoms with E-state index in [1.807, 2.05) is 0 Å². The molecule has 1 aromatic rings. The molecule has 0 spiro atoms. The van der Waals surface area contributed by atoms with Gasteiger partial charge in [-0.3, -0.25) is 9.59 Å². The van der Waals surface area contributed by atoms with Crippen LogP contribution in [0.3, 0.4) is 0 Å². The van der Waals surface area contributed by atoms with Gasteiger partial charge in [0.05, 0.1) is 21.7 Å². The number of likely N-dealkylation sites (tertiary alicyclic amines) is 1. The number of nitrogens with one attached hydrogen (secondary N) is 2. The fourth-order valence-corrected chi connectivity index (χ4v) is 5.10. The molecule has 1 aliphatic rings. The molecule has 0 unspecified atom stereocenters. The number of nitrogens with zero attached hydrogens (tertiary/aromatic N) is 1. The van der Waals surface area contributed by atoms with E-state index in [1.165, 1.54) is 11.0 Å². The molecule has 0 radical (unpaired) electrons. The fourth-order valence-electron chi connectivity index (χ4n) is 3.92. The highest BCUT2D eigenvalue weighted by atomic mass is 35.5. The van der Waals surface area contributed by atoms with Crippen molar-refractivity contribution in [2.45, 2.75) is 103 Å². The Labute approximate surface area is 271 Å². The van der Waals surface area contributed by atoms with Gasteiger partial charge in [0.15, 0.2) is 12.6 Å². The minimum atomic E-state index is -1.28. The Morgan fingerprint density at radius 3 is 2.18 bits per heavy atom. The van der Waals surface area contributed by atoms with Crippen molar-refractivity contribution < 1.29 is 38.1 Å². The normalized spacial score (nSPS) is 14.8. The third kappa shape index (κ3) is 13.2. The van der Waals surface area contributed by atoms with Gasteiger partial charge in [-0.05, 0) is 66.1 Å². The number of amides is 3. The number of carbonyl (C=O) groups is 4. The Morgan fingerprint density at radius 1 is 1.00 bits per heavy atom. The first-order chi connectivity index (χ1) is 20.1. The predicted molar refractivity (Wildman–Crippen MR) is 173 cm³/mol. The van der Waals surface area contributed by atoms with Crippen molar-refractivity contribution in [2.24, 2.45) is 0 Å². The quantitative estimate of drug-likeness (QED) is 0.108. The lowest BCUT2D eigenvalue weighted by Gasteiger charge is -2.40. The summed E-state index contributed by atoms with van der Waals surface area (Å²) < 4.78 is 22.0. The second-order valence-electron chi connectivity index (χ2n) is 14.0. The zero-order chi connectivity index (χ0) is 33.5. The van der Waals surface area contributed by atoms with Gasteiger partial charge in [-0.1, -0.05) is 42.8 Å². The molecular weight excluding hydrogens is 629 g/mol. The summed E-state index contributed by atoms with van der Waals surface area (Å²) in [6.45, 7) is 18.1. The van der Waals surface area contributed by atoms with Crippen LogP contribution >= 0.6 is 23.2 Å². The Balaban J connectivity index is 2.09. The molecule has 0 bridgehead atoms. The lowest BCUT2D eigenvalue weighted by Crippen LogP contribution is -2.63. The molecule has 1 fully saturated rings. The van der Waals surface area contributed by atoms with Crippen LogP contribution in [0.1, 0.15) is 64.7 Å². The van der Waals surface area contributed by atoms with E-state index in [2.05, 4.69) is 30.3 Å². The van der Waals surface area contributed by atoms with Gasteiger partial charge in [-0.15, -0.1) is 0 Å². The molecule has 44 heavy (non-hydrogen) atoms. The van der Waals surface area contributed by atoms with Crippen LogP contribution in [0.15, 0.2) is 12.1 Å². The third-order valence-electron chi connectivity index (χ3n) is 6.18. The summed E-state index contributed by atoms with van der Waals surface area (Å²) in [4.78, 5) is 53.0. The summed E-state index contributed by atoms with van der Waals surface area (Å²) in [5.41, 5.74) is -1.38. The molecule has 248 valence electrons. The van der Waals surface area contributed by atoms with Gasteiger partial charge in [-0.2, -0.15) is 0 Å². The maximum Gasteiger partial charge on any atom is 0.410 e. The van der Waals surface area contributed by atoms with Crippen LogP contribution in [0, 0.1) is 0 Å². The van der Waals surface area contributed by atoms with Gasteiger partial charge in [0.25, 0.3) is 0 Å². The van der Waals surface area contributed by atoms with Crippen LogP contribution < -0.4 is 15.4 Å². The molecule has 14 heteroatoms. The Morgan fingerprint density at radius 2 is 1.61 bits per heavy atom. The SMILES string of the molecule is CC(C)(C)OC(=O)N[C@H](CCC(=O)c1c(OCOCC[Si](C)(C)C)ccc(Cl)c1Cl)C(=O)NC1CN(C(=O)OC(C)(C)C)C1. The number of Topliss-reactive ketones (excluding diaryl/α,β-unsaturated/α-hetero) is 1. The largest absolute Gasteiger partial charge is 0.467 e. The van der Waals surface area contributed by atoms with E-state index in [1.54, 1.807) is 47.6 Å². The first kappa shape index (κ1) is 37.6. The first-order valence-corrected chi connectivity index (χ1v) is 19.1. The van der Waals surface area contributed by atoms with Gasteiger partial charge >= 0.3 is 12.2 Å². The van der Waals surface area contributed by atoms with E-state index >= 15 is 0 Å². The van der Waals surface area contributed by atoms with E-state index in [9.17, 15) is 19.2 Å². The number of hydrogen-bond donors (Lipinski definition) is 2. The molecule has 1 saturated heterocycles. The molecule has 2 N–H and O–H groups in total. The number of ketones is 1. The van der Waals surface area contributed by atoms with E-state index in [0.29, 0.717) is 6.61 Å². The molecule has 3 amide bonds. The van der Waals surface area contributed by atoms with Crippen LogP contribution in [-0.4, -0.2) is 86.6 Å². The first-order valence-electron chi connectivity index (χ1n) is 14.6. The molecular formula is C30H47Cl2N3O8Si. The lowest BCUT2D eigenvalue weighted by molar-refractivity contribution is -0.125. The summed E-state index contributed by atoms with van der Waals surface area (Å²) in [5.74, 6) is -0.754. The van der Waals surface area contributed by atoms with E-state index in [0.717, 1.165) is 6.04 Å². The highest BCUT2D eigenvalue weighted by Crippen LogP contribution is 2.34. The molecule has 11 nitrogen and oxygen atoms in total. The molecule has 1 atom stereocenters.